The Balaban J connectivity index is 2.22. The number of aryl methyl sites for hydroxylation is 3. The van der Waals surface area contributed by atoms with Crippen molar-refractivity contribution in [3.8, 4) is 0 Å². The summed E-state index contributed by atoms with van der Waals surface area (Å²) in [6.45, 7) is 5.68. The first-order valence-corrected chi connectivity index (χ1v) is 7.81. The summed E-state index contributed by atoms with van der Waals surface area (Å²) in [5.41, 5.74) is -0.336. The van der Waals surface area contributed by atoms with Gasteiger partial charge in [-0.25, -0.2) is 4.98 Å². The fraction of sp³-hybridized carbons (Fsp3) is 0.500. The van der Waals surface area contributed by atoms with Crippen LogP contribution in [0, 0.1) is 13.8 Å². The lowest BCUT2D eigenvalue weighted by Crippen LogP contribution is -2.29. The minimum atomic E-state index is -4.58. The molecule has 0 aromatic carbocycles. The number of aromatic nitrogens is 3. The van der Waals surface area contributed by atoms with E-state index in [-0.39, 0.29) is 11.7 Å². The molecule has 1 N–H and O–H groups in total. The molecule has 1 amide bonds. The predicted molar refractivity (Wildman–Crippen MR) is 80.3 cm³/mol. The van der Waals surface area contributed by atoms with Gasteiger partial charge in [0.1, 0.15) is 10.7 Å². The van der Waals surface area contributed by atoms with Gasteiger partial charge in [0.2, 0.25) is 0 Å². The average Bonchev–Trinajstić information content (AvgIpc) is 2.99. The largest absolute Gasteiger partial charge is 0.435 e. The molecule has 0 aliphatic carbocycles. The maximum absolute atomic E-state index is 12.7. The Kier molecular flexibility index (Phi) is 4.79. The molecule has 1 atom stereocenters. The van der Waals surface area contributed by atoms with Crippen LogP contribution in [0.5, 0.6) is 0 Å². The normalized spacial score (nSPS) is 13.2. The van der Waals surface area contributed by atoms with Gasteiger partial charge in [0.05, 0.1) is 11.7 Å². The molecular formula is C14H17F3N4OS. The monoisotopic (exact) mass is 346 g/mol. The van der Waals surface area contributed by atoms with E-state index >= 15 is 0 Å². The summed E-state index contributed by atoms with van der Waals surface area (Å²) < 4.78 is 38.9. The van der Waals surface area contributed by atoms with Crippen molar-refractivity contribution in [1.82, 2.24) is 20.1 Å². The van der Waals surface area contributed by atoms with E-state index in [1.54, 1.807) is 0 Å². The molecule has 23 heavy (non-hydrogen) atoms. The number of hydrogen-bond donors (Lipinski definition) is 1. The third kappa shape index (κ3) is 3.72. The zero-order valence-corrected chi connectivity index (χ0v) is 14.0. The van der Waals surface area contributed by atoms with Crippen LogP contribution in [0.1, 0.15) is 51.1 Å². The van der Waals surface area contributed by atoms with E-state index in [1.165, 1.54) is 18.4 Å². The van der Waals surface area contributed by atoms with Crippen molar-refractivity contribution in [3.63, 3.8) is 0 Å². The number of halogens is 3. The van der Waals surface area contributed by atoms with Crippen LogP contribution in [-0.2, 0) is 13.2 Å². The van der Waals surface area contributed by atoms with Crippen molar-refractivity contribution in [2.24, 2.45) is 7.05 Å². The van der Waals surface area contributed by atoms with Crippen LogP contribution in [0.3, 0.4) is 0 Å². The number of amides is 1. The Morgan fingerprint density at radius 3 is 2.52 bits per heavy atom. The quantitative estimate of drug-likeness (QED) is 0.923. The number of nitrogens with zero attached hydrogens (tertiary/aromatic N) is 3. The highest BCUT2D eigenvalue weighted by atomic mass is 32.1. The summed E-state index contributed by atoms with van der Waals surface area (Å²) in [5.74, 6) is -0.604. The second-order valence-corrected chi connectivity index (χ2v) is 6.40. The molecule has 0 aliphatic rings. The van der Waals surface area contributed by atoms with Crippen LogP contribution in [-0.4, -0.2) is 20.7 Å². The molecule has 0 aliphatic heterocycles. The number of alkyl halides is 3. The molecule has 0 spiro atoms. The summed E-state index contributed by atoms with van der Waals surface area (Å²) in [6, 6.07) is 0.407. The second-order valence-electron chi connectivity index (χ2n) is 5.16. The van der Waals surface area contributed by atoms with E-state index < -0.39 is 17.8 Å². The highest BCUT2D eigenvalue weighted by Crippen LogP contribution is 2.29. The number of carbonyl (C=O) groups excluding carboxylic acids is 1. The summed E-state index contributed by atoms with van der Waals surface area (Å²) >= 11 is 1.47. The lowest BCUT2D eigenvalue weighted by Gasteiger charge is -2.14. The zero-order valence-electron chi connectivity index (χ0n) is 13.2. The fourth-order valence-corrected chi connectivity index (χ4v) is 3.09. The molecule has 0 radical (unpaired) electrons. The third-order valence-corrected chi connectivity index (χ3v) is 4.65. The van der Waals surface area contributed by atoms with Crippen molar-refractivity contribution in [3.05, 3.63) is 33.0 Å². The number of hydrogen-bond acceptors (Lipinski definition) is 4. The van der Waals surface area contributed by atoms with Gasteiger partial charge in [-0.15, -0.1) is 11.3 Å². The smallest absolute Gasteiger partial charge is 0.341 e. The molecule has 0 bridgehead atoms. The Hall–Kier alpha value is -1.90. The van der Waals surface area contributed by atoms with Crippen molar-refractivity contribution >= 4 is 17.2 Å². The Labute approximate surface area is 135 Å². The molecule has 0 saturated heterocycles. The highest BCUT2D eigenvalue weighted by Gasteiger charge is 2.35. The molecular weight excluding hydrogens is 329 g/mol. The molecule has 1 unspecified atom stereocenters. The van der Waals surface area contributed by atoms with Crippen molar-refractivity contribution < 1.29 is 18.0 Å². The van der Waals surface area contributed by atoms with Crippen molar-refractivity contribution in [2.45, 2.75) is 39.4 Å². The van der Waals surface area contributed by atoms with E-state index in [0.717, 1.165) is 26.3 Å². The van der Waals surface area contributed by atoms with Crippen molar-refractivity contribution in [1.29, 1.82) is 0 Å². The standard InChI is InChI=1S/C14H17F3N4OS/c1-5-9(13-18-7(2)8(3)23-13)19-12(22)10-6-11(14(15,16)17)20-21(10)4/h6,9H,5H2,1-4H3,(H,19,22). The molecule has 2 heterocycles. The van der Waals surface area contributed by atoms with Gasteiger partial charge in [-0.3, -0.25) is 9.48 Å². The SMILES string of the molecule is CCC(NC(=O)c1cc(C(F)(F)F)nn1C)c1nc(C)c(C)s1. The van der Waals surface area contributed by atoms with Crippen molar-refractivity contribution in [2.75, 3.05) is 0 Å². The van der Waals surface area contributed by atoms with Gasteiger partial charge in [0.15, 0.2) is 5.69 Å². The molecule has 5 nitrogen and oxygen atoms in total. The Morgan fingerprint density at radius 2 is 2.09 bits per heavy atom. The Morgan fingerprint density at radius 1 is 1.43 bits per heavy atom. The van der Waals surface area contributed by atoms with Gasteiger partial charge >= 0.3 is 6.18 Å². The van der Waals surface area contributed by atoms with E-state index in [4.69, 9.17) is 0 Å². The van der Waals surface area contributed by atoms with Crippen LogP contribution in [0.15, 0.2) is 6.07 Å². The minimum Gasteiger partial charge on any atom is -0.341 e. The molecule has 0 fully saturated rings. The van der Waals surface area contributed by atoms with Crippen LogP contribution >= 0.6 is 11.3 Å². The van der Waals surface area contributed by atoms with Gasteiger partial charge in [0, 0.05) is 18.0 Å². The zero-order chi connectivity index (χ0) is 17.4. The molecule has 126 valence electrons. The summed E-state index contributed by atoms with van der Waals surface area (Å²) in [6.07, 6.45) is -3.99. The molecule has 9 heteroatoms. The number of thiazole rings is 1. The highest BCUT2D eigenvalue weighted by molar-refractivity contribution is 7.11. The first-order valence-electron chi connectivity index (χ1n) is 6.99. The first kappa shape index (κ1) is 17.5. The number of carbonyl (C=O) groups is 1. The lowest BCUT2D eigenvalue weighted by atomic mass is 10.2. The molecule has 2 aromatic heterocycles. The molecule has 0 saturated carbocycles. The average molecular weight is 346 g/mol. The first-order chi connectivity index (χ1) is 10.6. The summed E-state index contributed by atoms with van der Waals surface area (Å²) in [4.78, 5) is 17.7. The summed E-state index contributed by atoms with van der Waals surface area (Å²) in [5, 5.41) is 6.82. The van der Waals surface area contributed by atoms with Crippen LogP contribution in [0.25, 0.3) is 0 Å². The topological polar surface area (TPSA) is 59.8 Å². The minimum absolute atomic E-state index is 0.138. The predicted octanol–water partition coefficient (Wildman–Crippen LogP) is 3.39. The molecule has 2 aromatic rings. The van der Waals surface area contributed by atoms with Crippen LogP contribution in [0.2, 0.25) is 0 Å². The number of nitrogens with one attached hydrogen (secondary N) is 1. The van der Waals surface area contributed by atoms with E-state index in [1.807, 2.05) is 20.8 Å². The van der Waals surface area contributed by atoms with Crippen LogP contribution in [0.4, 0.5) is 13.2 Å². The number of rotatable bonds is 4. The van der Waals surface area contributed by atoms with E-state index in [9.17, 15) is 18.0 Å². The van der Waals surface area contributed by atoms with Gasteiger partial charge in [-0.05, 0) is 20.3 Å². The van der Waals surface area contributed by atoms with Gasteiger partial charge < -0.3 is 5.32 Å². The third-order valence-electron chi connectivity index (χ3n) is 3.46. The maximum Gasteiger partial charge on any atom is 0.435 e. The van der Waals surface area contributed by atoms with Gasteiger partial charge in [-0.2, -0.15) is 18.3 Å². The van der Waals surface area contributed by atoms with Gasteiger partial charge in [0.25, 0.3) is 5.91 Å². The fourth-order valence-electron chi connectivity index (χ4n) is 2.04. The Bertz CT molecular complexity index is 701. The second kappa shape index (κ2) is 6.31. The van der Waals surface area contributed by atoms with Gasteiger partial charge in [-0.1, -0.05) is 6.92 Å². The molecule has 2 rings (SSSR count). The van der Waals surface area contributed by atoms with E-state index in [0.29, 0.717) is 6.42 Å². The van der Waals surface area contributed by atoms with E-state index in [2.05, 4.69) is 15.4 Å². The van der Waals surface area contributed by atoms with Crippen LogP contribution < -0.4 is 5.32 Å². The lowest BCUT2D eigenvalue weighted by molar-refractivity contribution is -0.141. The summed E-state index contributed by atoms with van der Waals surface area (Å²) in [7, 11) is 1.31. The maximum atomic E-state index is 12.7.